The van der Waals surface area contributed by atoms with Crippen molar-refractivity contribution in [3.8, 4) is 0 Å². The van der Waals surface area contributed by atoms with E-state index in [4.69, 9.17) is 4.74 Å². The molecule has 0 amide bonds. The average Bonchev–Trinajstić information content (AvgIpc) is 3.18. The number of carbonyl (C=O) groups excluding carboxylic acids is 1. The second kappa shape index (κ2) is 4.49. The first-order valence-electron chi connectivity index (χ1n) is 9.15. The minimum Gasteiger partial charge on any atom is -0.461 e. The van der Waals surface area contributed by atoms with Gasteiger partial charge < -0.3 is 4.74 Å². The van der Waals surface area contributed by atoms with Crippen molar-refractivity contribution < 1.29 is 9.53 Å². The number of ether oxygens (including phenoxy) is 1. The standard InChI is InChI=1S/C19H30O2/c1-5-19(3,4)18(20)21-17-10(2)13-9-14(17)16-12-7-6-11(8-12)15(13)16/h10-17H,5-9H2,1-4H3. The zero-order valence-electron chi connectivity index (χ0n) is 14.0. The van der Waals surface area contributed by atoms with Gasteiger partial charge in [0.1, 0.15) is 6.10 Å². The molecule has 118 valence electrons. The molecule has 0 spiro atoms. The second-order valence-corrected chi connectivity index (χ2v) is 9.02. The molecule has 4 fully saturated rings. The molecule has 4 rings (SSSR count). The normalized spacial score (nSPS) is 50.5. The van der Waals surface area contributed by atoms with Crippen LogP contribution in [0.1, 0.15) is 59.8 Å². The lowest BCUT2D eigenvalue weighted by Crippen LogP contribution is -2.43. The fourth-order valence-electron chi connectivity index (χ4n) is 6.45. The summed E-state index contributed by atoms with van der Waals surface area (Å²) in [4.78, 5) is 12.5. The molecule has 2 nitrogen and oxygen atoms in total. The van der Waals surface area contributed by atoms with Crippen molar-refractivity contribution in [2.75, 3.05) is 0 Å². The summed E-state index contributed by atoms with van der Waals surface area (Å²) in [5.74, 6) is 6.01. The Labute approximate surface area is 129 Å². The largest absolute Gasteiger partial charge is 0.461 e. The van der Waals surface area contributed by atoms with E-state index in [1.807, 2.05) is 13.8 Å². The predicted molar refractivity (Wildman–Crippen MR) is 82.5 cm³/mol. The van der Waals surface area contributed by atoms with E-state index in [1.165, 1.54) is 25.7 Å². The lowest BCUT2D eigenvalue weighted by Gasteiger charge is -2.42. The van der Waals surface area contributed by atoms with Gasteiger partial charge in [0, 0.05) is 0 Å². The van der Waals surface area contributed by atoms with E-state index in [-0.39, 0.29) is 17.5 Å². The summed E-state index contributed by atoms with van der Waals surface area (Å²) in [7, 11) is 0. The Bertz CT molecular complexity index is 454. The van der Waals surface area contributed by atoms with Crippen LogP contribution in [0, 0.1) is 46.8 Å². The summed E-state index contributed by atoms with van der Waals surface area (Å²) in [6.07, 6.45) is 6.83. The highest BCUT2D eigenvalue weighted by Crippen LogP contribution is 2.69. The van der Waals surface area contributed by atoms with Gasteiger partial charge in [0.05, 0.1) is 5.41 Å². The summed E-state index contributed by atoms with van der Waals surface area (Å²) < 4.78 is 6.09. The molecule has 0 aromatic heterocycles. The zero-order chi connectivity index (χ0) is 14.9. The molecule has 21 heavy (non-hydrogen) atoms. The molecule has 4 bridgehead atoms. The van der Waals surface area contributed by atoms with E-state index in [0.29, 0.717) is 11.8 Å². The van der Waals surface area contributed by atoms with E-state index < -0.39 is 0 Å². The molecule has 0 heterocycles. The van der Waals surface area contributed by atoms with Crippen LogP contribution in [0.3, 0.4) is 0 Å². The zero-order valence-corrected chi connectivity index (χ0v) is 14.0. The van der Waals surface area contributed by atoms with Crippen LogP contribution in [-0.4, -0.2) is 12.1 Å². The summed E-state index contributed by atoms with van der Waals surface area (Å²) in [6.45, 7) is 8.47. The minimum absolute atomic E-state index is 0.0362. The molecular weight excluding hydrogens is 260 g/mol. The maximum absolute atomic E-state index is 12.5. The lowest BCUT2D eigenvalue weighted by atomic mass is 9.67. The molecular formula is C19H30O2. The molecule has 0 aromatic carbocycles. The Morgan fingerprint density at radius 2 is 1.71 bits per heavy atom. The van der Waals surface area contributed by atoms with Gasteiger partial charge in [-0.15, -0.1) is 0 Å². The van der Waals surface area contributed by atoms with Crippen molar-refractivity contribution in [3.05, 3.63) is 0 Å². The van der Waals surface area contributed by atoms with Crippen LogP contribution in [0.5, 0.6) is 0 Å². The highest BCUT2D eigenvalue weighted by Gasteiger charge is 2.65. The highest BCUT2D eigenvalue weighted by atomic mass is 16.5. The summed E-state index contributed by atoms with van der Waals surface area (Å²) in [6, 6.07) is 0. The van der Waals surface area contributed by atoms with Gasteiger partial charge in [0.25, 0.3) is 0 Å². The number of esters is 1. The maximum atomic E-state index is 12.5. The Hall–Kier alpha value is -0.530. The Kier molecular flexibility index (Phi) is 3.01. The minimum atomic E-state index is -0.324. The van der Waals surface area contributed by atoms with Gasteiger partial charge in [-0.2, -0.15) is 0 Å². The van der Waals surface area contributed by atoms with E-state index in [2.05, 4.69) is 13.8 Å². The van der Waals surface area contributed by atoms with E-state index >= 15 is 0 Å². The predicted octanol–water partition coefficient (Wildman–Crippen LogP) is 4.28. The average molecular weight is 290 g/mol. The molecule has 0 saturated heterocycles. The Morgan fingerprint density at radius 3 is 2.33 bits per heavy atom. The third-order valence-electron chi connectivity index (χ3n) is 7.88. The first kappa shape index (κ1) is 14.1. The highest BCUT2D eigenvalue weighted by molar-refractivity contribution is 5.76. The van der Waals surface area contributed by atoms with Gasteiger partial charge in [0.2, 0.25) is 0 Å². The molecule has 8 atom stereocenters. The summed E-state index contributed by atoms with van der Waals surface area (Å²) >= 11 is 0. The second-order valence-electron chi connectivity index (χ2n) is 9.02. The van der Waals surface area contributed by atoms with Crippen molar-refractivity contribution >= 4 is 5.97 Å². The third-order valence-corrected chi connectivity index (χ3v) is 7.88. The number of hydrogen-bond donors (Lipinski definition) is 0. The van der Waals surface area contributed by atoms with E-state index in [0.717, 1.165) is 36.0 Å². The van der Waals surface area contributed by atoms with Crippen LogP contribution in [0.4, 0.5) is 0 Å². The molecule has 4 aliphatic carbocycles. The molecule has 0 aliphatic heterocycles. The quantitative estimate of drug-likeness (QED) is 0.573. The van der Waals surface area contributed by atoms with Crippen LogP contribution in [0.2, 0.25) is 0 Å². The Morgan fingerprint density at radius 1 is 1.10 bits per heavy atom. The van der Waals surface area contributed by atoms with Crippen LogP contribution in [0.25, 0.3) is 0 Å². The van der Waals surface area contributed by atoms with Crippen LogP contribution in [0.15, 0.2) is 0 Å². The summed E-state index contributed by atoms with van der Waals surface area (Å²) in [5.41, 5.74) is -0.324. The molecule has 0 aromatic rings. The molecule has 4 saturated carbocycles. The van der Waals surface area contributed by atoms with Gasteiger partial charge in [-0.05, 0) is 87.4 Å². The van der Waals surface area contributed by atoms with Crippen LogP contribution >= 0.6 is 0 Å². The fourth-order valence-corrected chi connectivity index (χ4v) is 6.45. The number of rotatable bonds is 3. The van der Waals surface area contributed by atoms with Gasteiger partial charge in [-0.25, -0.2) is 0 Å². The van der Waals surface area contributed by atoms with E-state index in [9.17, 15) is 4.79 Å². The van der Waals surface area contributed by atoms with Gasteiger partial charge in [-0.3, -0.25) is 4.79 Å². The van der Waals surface area contributed by atoms with Crippen LogP contribution < -0.4 is 0 Å². The Balaban J connectivity index is 1.53. The monoisotopic (exact) mass is 290 g/mol. The van der Waals surface area contributed by atoms with Gasteiger partial charge in [0.15, 0.2) is 0 Å². The molecule has 0 N–H and O–H groups in total. The lowest BCUT2D eigenvalue weighted by molar-refractivity contribution is -0.168. The number of carbonyl (C=O) groups is 1. The number of hydrogen-bond acceptors (Lipinski definition) is 2. The molecule has 4 aliphatic rings. The van der Waals surface area contributed by atoms with Crippen molar-refractivity contribution in [1.82, 2.24) is 0 Å². The van der Waals surface area contributed by atoms with Gasteiger partial charge >= 0.3 is 5.97 Å². The van der Waals surface area contributed by atoms with E-state index in [1.54, 1.807) is 0 Å². The first-order chi connectivity index (χ1) is 9.94. The van der Waals surface area contributed by atoms with Crippen molar-refractivity contribution in [2.45, 2.75) is 65.9 Å². The fraction of sp³-hybridized carbons (Fsp3) is 0.947. The maximum Gasteiger partial charge on any atom is 0.311 e. The van der Waals surface area contributed by atoms with Crippen LogP contribution in [-0.2, 0) is 9.53 Å². The topological polar surface area (TPSA) is 26.3 Å². The van der Waals surface area contributed by atoms with Crippen molar-refractivity contribution in [3.63, 3.8) is 0 Å². The SMILES string of the molecule is CCC(C)(C)C(=O)OC1C(C)C2CC1C1C3CCC(C3)C21. The number of fused-ring (bicyclic) bond motifs is 9. The van der Waals surface area contributed by atoms with Gasteiger partial charge in [-0.1, -0.05) is 13.8 Å². The molecule has 0 radical (unpaired) electrons. The summed E-state index contributed by atoms with van der Waals surface area (Å²) in [5, 5.41) is 0. The first-order valence-corrected chi connectivity index (χ1v) is 9.15. The molecule has 8 unspecified atom stereocenters. The van der Waals surface area contributed by atoms with Crippen molar-refractivity contribution in [1.29, 1.82) is 0 Å². The third kappa shape index (κ3) is 1.80. The molecule has 2 heteroatoms. The smallest absolute Gasteiger partial charge is 0.311 e. The van der Waals surface area contributed by atoms with Crippen molar-refractivity contribution in [2.24, 2.45) is 46.8 Å².